The van der Waals surface area contributed by atoms with E-state index in [2.05, 4.69) is 15.6 Å². The first-order valence-electron chi connectivity index (χ1n) is 9.06. The number of hydrogen-bond acceptors (Lipinski definition) is 5. The van der Waals surface area contributed by atoms with Crippen LogP contribution in [0.15, 0.2) is 58.4 Å². The van der Waals surface area contributed by atoms with Crippen LogP contribution in [0.1, 0.15) is 42.5 Å². The lowest BCUT2D eigenvalue weighted by molar-refractivity contribution is -0.116. The molecular formula is C21H21N3O2S. The Balaban J connectivity index is 1.74. The molecule has 4 rings (SSSR count). The van der Waals surface area contributed by atoms with E-state index in [1.807, 2.05) is 37.4 Å². The first kappa shape index (κ1) is 17.7. The summed E-state index contributed by atoms with van der Waals surface area (Å²) in [6.07, 6.45) is 3.95. The second kappa shape index (κ2) is 7.12. The number of pyridine rings is 1. The highest BCUT2D eigenvalue weighted by Crippen LogP contribution is 2.43. The predicted molar refractivity (Wildman–Crippen MR) is 106 cm³/mol. The van der Waals surface area contributed by atoms with Crippen LogP contribution >= 0.6 is 11.3 Å². The van der Waals surface area contributed by atoms with Crippen LogP contribution in [0.2, 0.25) is 0 Å². The fourth-order valence-electron chi connectivity index (χ4n) is 3.75. The molecule has 0 radical (unpaired) electrons. The molecule has 0 spiro atoms. The van der Waals surface area contributed by atoms with E-state index in [1.54, 1.807) is 23.6 Å². The third kappa shape index (κ3) is 3.32. The molecule has 1 atom stereocenters. The van der Waals surface area contributed by atoms with Gasteiger partial charge in [0.2, 0.25) is 0 Å². The van der Waals surface area contributed by atoms with Gasteiger partial charge < -0.3 is 10.6 Å². The summed E-state index contributed by atoms with van der Waals surface area (Å²) in [6.45, 7) is 3.85. The van der Waals surface area contributed by atoms with Crippen molar-refractivity contribution in [3.05, 3.63) is 68.8 Å². The zero-order chi connectivity index (χ0) is 19.0. The number of nitrogens with one attached hydrogen (secondary N) is 2. The number of Topliss-reactive ketones (excluding diaryl/α,β-unsaturated/α-hetero) is 1. The molecule has 0 saturated carbocycles. The summed E-state index contributed by atoms with van der Waals surface area (Å²) in [6, 6.07) is 7.65. The van der Waals surface area contributed by atoms with E-state index in [4.69, 9.17) is 0 Å². The summed E-state index contributed by atoms with van der Waals surface area (Å²) in [4.78, 5) is 31.2. The molecule has 2 aromatic rings. The van der Waals surface area contributed by atoms with Crippen LogP contribution in [0.5, 0.6) is 0 Å². The first-order valence-corrected chi connectivity index (χ1v) is 9.94. The molecule has 138 valence electrons. The highest BCUT2D eigenvalue weighted by Gasteiger charge is 2.38. The van der Waals surface area contributed by atoms with Gasteiger partial charge in [-0.25, -0.2) is 4.98 Å². The number of hydrogen-bond donors (Lipinski definition) is 2. The van der Waals surface area contributed by atoms with Gasteiger partial charge in [-0.1, -0.05) is 12.1 Å². The number of thiophene rings is 1. The fourth-order valence-corrected chi connectivity index (χ4v) is 4.59. The molecule has 2 N–H and O–H groups in total. The van der Waals surface area contributed by atoms with Crippen molar-refractivity contribution in [2.24, 2.45) is 0 Å². The van der Waals surface area contributed by atoms with Gasteiger partial charge in [0.15, 0.2) is 5.78 Å². The number of carbonyl (C=O) groups is 2. The Bertz CT molecular complexity index is 956. The van der Waals surface area contributed by atoms with E-state index in [-0.39, 0.29) is 17.6 Å². The smallest absolute Gasteiger partial charge is 0.255 e. The molecule has 2 aliphatic rings. The summed E-state index contributed by atoms with van der Waals surface area (Å²) in [7, 11) is 0. The van der Waals surface area contributed by atoms with Crippen LogP contribution in [-0.2, 0) is 9.59 Å². The van der Waals surface area contributed by atoms with Crippen LogP contribution in [0.4, 0.5) is 5.82 Å². The molecule has 0 saturated heterocycles. The number of amides is 1. The van der Waals surface area contributed by atoms with Gasteiger partial charge in [0, 0.05) is 40.0 Å². The molecular weight excluding hydrogens is 358 g/mol. The van der Waals surface area contributed by atoms with Gasteiger partial charge in [0.05, 0.1) is 5.92 Å². The van der Waals surface area contributed by atoms with E-state index >= 15 is 0 Å². The number of carbonyl (C=O) groups excluding carboxylic acids is 2. The second-order valence-electron chi connectivity index (χ2n) is 6.96. The van der Waals surface area contributed by atoms with E-state index in [0.29, 0.717) is 17.8 Å². The van der Waals surface area contributed by atoms with E-state index in [1.165, 1.54) is 0 Å². The summed E-state index contributed by atoms with van der Waals surface area (Å²) in [5.41, 5.74) is 4.13. The maximum absolute atomic E-state index is 13.2. The standard InChI is InChI=1S/C21H21N3O2S/c1-12-8-9-17(22-11-12)24-21(26)18-13(2)23-14-5-3-6-15(25)19(14)20(18)16-7-4-10-27-16/h4,7-11,20,23H,3,5-6H2,1-2H3,(H,22,24,26). The lowest BCUT2D eigenvalue weighted by Gasteiger charge is -2.33. The lowest BCUT2D eigenvalue weighted by Crippen LogP contribution is -2.35. The van der Waals surface area contributed by atoms with Crippen molar-refractivity contribution in [3.63, 3.8) is 0 Å². The summed E-state index contributed by atoms with van der Waals surface area (Å²) < 4.78 is 0. The van der Waals surface area contributed by atoms with Gasteiger partial charge in [0.1, 0.15) is 5.82 Å². The Labute approximate surface area is 162 Å². The summed E-state index contributed by atoms with van der Waals surface area (Å²) in [5, 5.41) is 8.21. The Morgan fingerprint density at radius 2 is 2.11 bits per heavy atom. The molecule has 6 heteroatoms. The van der Waals surface area contributed by atoms with Crippen LogP contribution in [-0.4, -0.2) is 16.7 Å². The Hall–Kier alpha value is -2.73. The van der Waals surface area contributed by atoms with Crippen LogP contribution in [0.25, 0.3) is 0 Å². The SMILES string of the molecule is CC1=C(C(=O)Nc2ccc(C)cn2)C(c2cccs2)C2=C(CCCC2=O)N1. The Kier molecular flexibility index (Phi) is 4.66. The van der Waals surface area contributed by atoms with Gasteiger partial charge >= 0.3 is 0 Å². The zero-order valence-electron chi connectivity index (χ0n) is 15.3. The quantitative estimate of drug-likeness (QED) is 0.844. The summed E-state index contributed by atoms with van der Waals surface area (Å²) in [5.74, 6) is 0.0955. The molecule has 3 heterocycles. The van der Waals surface area contributed by atoms with Crippen LogP contribution in [0, 0.1) is 6.92 Å². The average molecular weight is 379 g/mol. The average Bonchev–Trinajstić information content (AvgIpc) is 3.17. The van der Waals surface area contributed by atoms with Crippen molar-refractivity contribution >= 4 is 28.8 Å². The third-order valence-electron chi connectivity index (χ3n) is 5.00. The van der Waals surface area contributed by atoms with Crippen molar-refractivity contribution in [2.75, 3.05) is 5.32 Å². The number of allylic oxidation sites excluding steroid dienone is 3. The van der Waals surface area contributed by atoms with Crippen molar-refractivity contribution in [2.45, 2.75) is 39.0 Å². The highest BCUT2D eigenvalue weighted by atomic mass is 32.1. The largest absolute Gasteiger partial charge is 0.362 e. The minimum absolute atomic E-state index is 0.133. The van der Waals surface area contributed by atoms with Crippen molar-refractivity contribution in [1.29, 1.82) is 0 Å². The molecule has 1 amide bonds. The maximum Gasteiger partial charge on any atom is 0.255 e. The monoisotopic (exact) mass is 379 g/mol. The first-order chi connectivity index (χ1) is 13.0. The molecule has 27 heavy (non-hydrogen) atoms. The van der Waals surface area contributed by atoms with E-state index in [9.17, 15) is 9.59 Å². The van der Waals surface area contributed by atoms with E-state index in [0.717, 1.165) is 40.2 Å². The van der Waals surface area contributed by atoms with Crippen molar-refractivity contribution in [3.8, 4) is 0 Å². The van der Waals surface area contributed by atoms with E-state index < -0.39 is 0 Å². The molecule has 1 aliphatic carbocycles. The minimum atomic E-state index is -0.320. The molecule has 2 aromatic heterocycles. The normalized spacial score (nSPS) is 19.6. The second-order valence-corrected chi connectivity index (χ2v) is 7.94. The molecule has 0 bridgehead atoms. The Morgan fingerprint density at radius 3 is 2.81 bits per heavy atom. The number of aryl methyl sites for hydroxylation is 1. The maximum atomic E-state index is 13.2. The number of nitrogens with zero attached hydrogens (tertiary/aromatic N) is 1. The van der Waals surface area contributed by atoms with Crippen LogP contribution < -0.4 is 10.6 Å². The molecule has 1 unspecified atom stereocenters. The third-order valence-corrected chi connectivity index (χ3v) is 5.94. The van der Waals surface area contributed by atoms with Crippen molar-refractivity contribution < 1.29 is 9.59 Å². The number of anilines is 1. The van der Waals surface area contributed by atoms with Crippen LogP contribution in [0.3, 0.4) is 0 Å². The summed E-state index contributed by atoms with van der Waals surface area (Å²) >= 11 is 1.57. The minimum Gasteiger partial charge on any atom is -0.362 e. The van der Waals surface area contributed by atoms with Gasteiger partial charge in [-0.05, 0) is 49.8 Å². The van der Waals surface area contributed by atoms with Gasteiger partial charge in [0.25, 0.3) is 5.91 Å². The highest BCUT2D eigenvalue weighted by molar-refractivity contribution is 7.10. The van der Waals surface area contributed by atoms with Gasteiger partial charge in [-0.3, -0.25) is 9.59 Å². The molecule has 5 nitrogen and oxygen atoms in total. The fraction of sp³-hybridized carbons (Fsp3) is 0.286. The predicted octanol–water partition coefficient (Wildman–Crippen LogP) is 4.06. The Morgan fingerprint density at radius 1 is 1.26 bits per heavy atom. The molecule has 1 aliphatic heterocycles. The van der Waals surface area contributed by atoms with Gasteiger partial charge in [-0.2, -0.15) is 0 Å². The lowest BCUT2D eigenvalue weighted by atomic mass is 9.77. The van der Waals surface area contributed by atoms with Gasteiger partial charge in [-0.15, -0.1) is 11.3 Å². The topological polar surface area (TPSA) is 71.1 Å². The number of aromatic nitrogens is 1. The molecule has 0 fully saturated rings. The number of ketones is 1. The van der Waals surface area contributed by atoms with Crippen molar-refractivity contribution in [1.82, 2.24) is 10.3 Å². The zero-order valence-corrected chi connectivity index (χ0v) is 16.2. The number of dihydropyridines is 1. The molecule has 0 aromatic carbocycles. The number of rotatable bonds is 3.